The van der Waals surface area contributed by atoms with Gasteiger partial charge in [-0.15, -0.1) is 22.7 Å². The highest BCUT2D eigenvalue weighted by Crippen LogP contribution is 2.29. The van der Waals surface area contributed by atoms with Crippen LogP contribution in [0, 0.1) is 12.8 Å². The second kappa shape index (κ2) is 5.76. The van der Waals surface area contributed by atoms with Crippen molar-refractivity contribution in [2.45, 2.75) is 27.3 Å². The highest BCUT2D eigenvalue weighted by molar-refractivity contribution is 7.14. The maximum Gasteiger partial charge on any atom is 0.107 e. The largest absolute Gasteiger partial charge is 0.310 e. The zero-order valence-corrected chi connectivity index (χ0v) is 12.1. The van der Waals surface area contributed by atoms with Crippen molar-refractivity contribution in [3.05, 3.63) is 27.4 Å². The van der Waals surface area contributed by atoms with Crippen molar-refractivity contribution in [1.82, 2.24) is 10.3 Å². The molecule has 1 N–H and O–H groups in total. The molecule has 17 heavy (non-hydrogen) atoms. The Kier molecular flexibility index (Phi) is 4.31. The fraction of sp³-hybridized carbons (Fsp3) is 0.462. The minimum Gasteiger partial charge on any atom is -0.310 e. The summed E-state index contributed by atoms with van der Waals surface area (Å²) in [5, 5.41) is 8.88. The first-order valence-electron chi connectivity index (χ1n) is 5.86. The van der Waals surface area contributed by atoms with Crippen molar-refractivity contribution in [1.29, 1.82) is 0 Å². The molecule has 0 spiro atoms. The molecule has 0 bridgehead atoms. The topological polar surface area (TPSA) is 24.9 Å². The second-order valence-corrected chi connectivity index (χ2v) is 6.44. The lowest BCUT2D eigenvalue weighted by atomic mass is 10.2. The van der Waals surface area contributed by atoms with Crippen molar-refractivity contribution < 1.29 is 0 Å². The van der Waals surface area contributed by atoms with Crippen molar-refractivity contribution >= 4 is 22.7 Å². The van der Waals surface area contributed by atoms with Gasteiger partial charge in [-0.05, 0) is 36.4 Å². The third-order valence-electron chi connectivity index (χ3n) is 2.48. The van der Waals surface area contributed by atoms with Crippen LogP contribution in [0.1, 0.15) is 24.4 Å². The molecule has 4 heteroatoms. The van der Waals surface area contributed by atoms with Gasteiger partial charge >= 0.3 is 0 Å². The molecular formula is C13H18N2S2. The standard InChI is InChI=1S/C13H18N2S2/c1-9(2)6-14-7-12-15-11(8-17-12)13-10(3)4-5-16-13/h4-5,8-9,14H,6-7H2,1-3H3. The average molecular weight is 266 g/mol. The monoisotopic (exact) mass is 266 g/mol. The first kappa shape index (κ1) is 12.7. The number of nitrogens with one attached hydrogen (secondary N) is 1. The van der Waals surface area contributed by atoms with Crippen molar-refractivity contribution in [3.8, 4) is 10.6 Å². The van der Waals surface area contributed by atoms with Crippen molar-refractivity contribution in [2.75, 3.05) is 6.54 Å². The van der Waals surface area contributed by atoms with Crippen LogP contribution in [-0.2, 0) is 6.54 Å². The van der Waals surface area contributed by atoms with Gasteiger partial charge in [-0.25, -0.2) is 4.98 Å². The number of hydrogen-bond acceptors (Lipinski definition) is 4. The Morgan fingerprint density at radius 1 is 1.35 bits per heavy atom. The van der Waals surface area contributed by atoms with E-state index >= 15 is 0 Å². The molecule has 2 aromatic heterocycles. The Morgan fingerprint density at radius 2 is 2.18 bits per heavy atom. The number of thiazole rings is 1. The van der Waals surface area contributed by atoms with Crippen LogP contribution >= 0.6 is 22.7 Å². The molecular weight excluding hydrogens is 248 g/mol. The second-order valence-electron chi connectivity index (χ2n) is 4.58. The van der Waals surface area contributed by atoms with Gasteiger partial charge in [-0.2, -0.15) is 0 Å². The minimum atomic E-state index is 0.689. The number of rotatable bonds is 5. The number of aromatic nitrogens is 1. The SMILES string of the molecule is Cc1ccsc1-c1csc(CNCC(C)C)n1. The van der Waals surface area contributed by atoms with E-state index in [1.807, 2.05) is 0 Å². The van der Waals surface area contributed by atoms with Gasteiger partial charge in [-0.1, -0.05) is 13.8 Å². The predicted molar refractivity (Wildman–Crippen MR) is 76.7 cm³/mol. The molecule has 0 aliphatic carbocycles. The molecule has 0 saturated heterocycles. The van der Waals surface area contributed by atoms with Gasteiger partial charge < -0.3 is 5.32 Å². The summed E-state index contributed by atoms with van der Waals surface area (Å²) in [6.45, 7) is 8.51. The van der Waals surface area contributed by atoms with Gasteiger partial charge in [0.1, 0.15) is 5.01 Å². The summed E-state index contributed by atoms with van der Waals surface area (Å²) in [7, 11) is 0. The normalized spacial score (nSPS) is 11.3. The fourth-order valence-corrected chi connectivity index (χ4v) is 3.32. The molecule has 0 radical (unpaired) electrons. The number of hydrogen-bond donors (Lipinski definition) is 1. The van der Waals surface area contributed by atoms with Gasteiger partial charge in [-0.3, -0.25) is 0 Å². The Balaban J connectivity index is 1.99. The molecule has 2 heterocycles. The Hall–Kier alpha value is -0.710. The number of aryl methyl sites for hydroxylation is 1. The van der Waals surface area contributed by atoms with Crippen LogP contribution in [0.15, 0.2) is 16.8 Å². The van der Waals surface area contributed by atoms with E-state index in [0.717, 1.165) is 18.8 Å². The van der Waals surface area contributed by atoms with E-state index in [1.54, 1.807) is 22.7 Å². The van der Waals surface area contributed by atoms with Gasteiger partial charge in [0.15, 0.2) is 0 Å². The molecule has 0 fully saturated rings. The summed E-state index contributed by atoms with van der Waals surface area (Å²) in [5.74, 6) is 0.689. The number of nitrogens with zero attached hydrogens (tertiary/aromatic N) is 1. The lowest BCUT2D eigenvalue weighted by Gasteiger charge is -2.04. The molecule has 2 aromatic rings. The highest BCUT2D eigenvalue weighted by atomic mass is 32.1. The fourth-order valence-electron chi connectivity index (χ4n) is 1.60. The van der Waals surface area contributed by atoms with Crippen LogP contribution in [-0.4, -0.2) is 11.5 Å². The quantitative estimate of drug-likeness (QED) is 0.887. The molecule has 2 rings (SSSR count). The van der Waals surface area contributed by atoms with E-state index in [1.165, 1.54) is 15.4 Å². The third-order valence-corrected chi connectivity index (χ3v) is 4.36. The molecule has 0 saturated carbocycles. The lowest BCUT2D eigenvalue weighted by molar-refractivity contribution is 0.551. The Labute approximate surface area is 111 Å². The van der Waals surface area contributed by atoms with Crippen LogP contribution in [0.3, 0.4) is 0 Å². The summed E-state index contributed by atoms with van der Waals surface area (Å²) in [4.78, 5) is 5.98. The maximum atomic E-state index is 4.68. The van der Waals surface area contributed by atoms with Gasteiger partial charge in [0, 0.05) is 11.9 Å². The molecule has 0 atom stereocenters. The third kappa shape index (κ3) is 3.37. The van der Waals surface area contributed by atoms with E-state index in [0.29, 0.717) is 5.92 Å². The Bertz CT molecular complexity index is 471. The molecule has 0 unspecified atom stereocenters. The summed E-state index contributed by atoms with van der Waals surface area (Å²) < 4.78 is 0. The summed E-state index contributed by atoms with van der Waals surface area (Å²) >= 11 is 3.51. The number of thiophene rings is 1. The molecule has 0 aliphatic rings. The van der Waals surface area contributed by atoms with Crippen LogP contribution in [0.2, 0.25) is 0 Å². The summed E-state index contributed by atoms with van der Waals surface area (Å²) in [5.41, 5.74) is 2.45. The molecule has 2 nitrogen and oxygen atoms in total. The van der Waals surface area contributed by atoms with E-state index in [9.17, 15) is 0 Å². The Morgan fingerprint density at radius 3 is 2.82 bits per heavy atom. The van der Waals surface area contributed by atoms with Crippen molar-refractivity contribution in [3.63, 3.8) is 0 Å². The summed E-state index contributed by atoms with van der Waals surface area (Å²) in [6, 6.07) is 2.15. The summed E-state index contributed by atoms with van der Waals surface area (Å²) in [6.07, 6.45) is 0. The average Bonchev–Trinajstić information content (AvgIpc) is 2.86. The zero-order valence-electron chi connectivity index (χ0n) is 10.5. The van der Waals surface area contributed by atoms with Crippen molar-refractivity contribution in [2.24, 2.45) is 5.92 Å². The lowest BCUT2D eigenvalue weighted by Crippen LogP contribution is -2.18. The van der Waals surface area contributed by atoms with Crippen LogP contribution in [0.5, 0.6) is 0 Å². The molecule has 92 valence electrons. The van der Waals surface area contributed by atoms with Gasteiger partial charge in [0.05, 0.1) is 10.6 Å². The van der Waals surface area contributed by atoms with E-state index in [-0.39, 0.29) is 0 Å². The minimum absolute atomic E-state index is 0.689. The van der Waals surface area contributed by atoms with E-state index < -0.39 is 0 Å². The highest BCUT2D eigenvalue weighted by Gasteiger charge is 2.08. The first-order valence-corrected chi connectivity index (χ1v) is 7.62. The predicted octanol–water partition coefficient (Wildman–Crippen LogP) is 3.93. The van der Waals surface area contributed by atoms with E-state index in [2.05, 4.69) is 47.9 Å². The molecule has 0 aliphatic heterocycles. The van der Waals surface area contributed by atoms with E-state index in [4.69, 9.17) is 0 Å². The molecule has 0 aromatic carbocycles. The zero-order chi connectivity index (χ0) is 12.3. The maximum absolute atomic E-state index is 4.68. The van der Waals surface area contributed by atoms with Crippen LogP contribution in [0.25, 0.3) is 10.6 Å². The van der Waals surface area contributed by atoms with Crippen LogP contribution < -0.4 is 5.32 Å². The smallest absolute Gasteiger partial charge is 0.107 e. The first-order chi connectivity index (χ1) is 8.16. The van der Waals surface area contributed by atoms with Gasteiger partial charge in [0.25, 0.3) is 0 Å². The van der Waals surface area contributed by atoms with Crippen LogP contribution in [0.4, 0.5) is 0 Å². The van der Waals surface area contributed by atoms with Gasteiger partial charge in [0.2, 0.25) is 0 Å². The molecule has 0 amide bonds.